The Bertz CT molecular complexity index is 548. The lowest BCUT2D eigenvalue weighted by molar-refractivity contribution is 0.768. The first-order valence-electron chi connectivity index (χ1n) is 7.08. The Morgan fingerprint density at radius 2 is 1.95 bits per heavy atom. The van der Waals surface area contributed by atoms with Crippen LogP contribution in [0.1, 0.15) is 32.3 Å². The van der Waals surface area contributed by atoms with E-state index in [0.29, 0.717) is 0 Å². The maximum atomic E-state index is 4.37. The SMILES string of the molecule is CCCNc1ncnc(Nc2cnn(C)c2)c1CCC. The van der Waals surface area contributed by atoms with Crippen LogP contribution in [0.2, 0.25) is 0 Å². The summed E-state index contributed by atoms with van der Waals surface area (Å²) in [7, 11) is 1.90. The van der Waals surface area contributed by atoms with Crippen LogP contribution in [-0.2, 0) is 13.5 Å². The van der Waals surface area contributed by atoms with Crippen molar-refractivity contribution in [2.75, 3.05) is 17.2 Å². The lowest BCUT2D eigenvalue weighted by Crippen LogP contribution is -2.09. The van der Waals surface area contributed by atoms with Crippen molar-refractivity contribution < 1.29 is 0 Å². The zero-order valence-corrected chi connectivity index (χ0v) is 12.3. The summed E-state index contributed by atoms with van der Waals surface area (Å²) in [5, 5.41) is 10.8. The fourth-order valence-corrected chi connectivity index (χ4v) is 2.03. The standard InChI is InChI=1S/C14H22N6/c1-4-6-12-13(15-7-5-2)16-10-17-14(12)19-11-8-18-20(3)9-11/h8-10H,4-7H2,1-3H3,(H2,15,16,17,19). The smallest absolute Gasteiger partial charge is 0.139 e. The van der Waals surface area contributed by atoms with Gasteiger partial charge in [0.05, 0.1) is 11.9 Å². The van der Waals surface area contributed by atoms with Gasteiger partial charge in [0.2, 0.25) is 0 Å². The number of rotatable bonds is 7. The minimum atomic E-state index is 0.855. The number of hydrogen-bond donors (Lipinski definition) is 2. The van der Waals surface area contributed by atoms with E-state index < -0.39 is 0 Å². The van der Waals surface area contributed by atoms with Crippen molar-refractivity contribution in [1.29, 1.82) is 0 Å². The van der Waals surface area contributed by atoms with Crippen molar-refractivity contribution in [3.8, 4) is 0 Å². The van der Waals surface area contributed by atoms with Crippen LogP contribution < -0.4 is 10.6 Å². The van der Waals surface area contributed by atoms with E-state index in [1.54, 1.807) is 17.2 Å². The minimum absolute atomic E-state index is 0.855. The predicted octanol–water partition coefficient (Wildman–Crippen LogP) is 2.73. The van der Waals surface area contributed by atoms with E-state index in [2.05, 4.69) is 39.5 Å². The van der Waals surface area contributed by atoms with Gasteiger partial charge in [0.1, 0.15) is 18.0 Å². The number of nitrogens with one attached hydrogen (secondary N) is 2. The van der Waals surface area contributed by atoms with Gasteiger partial charge in [-0.15, -0.1) is 0 Å². The van der Waals surface area contributed by atoms with Crippen LogP contribution >= 0.6 is 0 Å². The molecule has 2 aromatic rings. The summed E-state index contributed by atoms with van der Waals surface area (Å²) in [5.74, 6) is 1.78. The van der Waals surface area contributed by atoms with Gasteiger partial charge in [-0.2, -0.15) is 5.10 Å². The summed E-state index contributed by atoms with van der Waals surface area (Å²) in [6.45, 7) is 5.22. The quantitative estimate of drug-likeness (QED) is 0.812. The number of hydrogen-bond acceptors (Lipinski definition) is 5. The Labute approximate surface area is 119 Å². The third-order valence-electron chi connectivity index (χ3n) is 2.96. The molecule has 2 rings (SSSR count). The number of aromatic nitrogens is 4. The molecule has 6 nitrogen and oxygen atoms in total. The number of aryl methyl sites for hydroxylation is 1. The third-order valence-corrected chi connectivity index (χ3v) is 2.96. The lowest BCUT2D eigenvalue weighted by atomic mass is 10.1. The topological polar surface area (TPSA) is 67.7 Å². The first-order valence-corrected chi connectivity index (χ1v) is 7.08. The van der Waals surface area contributed by atoms with Gasteiger partial charge in [-0.05, 0) is 12.8 Å². The van der Waals surface area contributed by atoms with Gasteiger partial charge in [0.15, 0.2) is 0 Å². The number of anilines is 3. The van der Waals surface area contributed by atoms with Crippen molar-refractivity contribution in [2.45, 2.75) is 33.1 Å². The maximum Gasteiger partial charge on any atom is 0.139 e. The third kappa shape index (κ3) is 3.46. The van der Waals surface area contributed by atoms with Crippen LogP contribution in [0.5, 0.6) is 0 Å². The summed E-state index contributed by atoms with van der Waals surface area (Å²) in [6.07, 6.45) is 8.37. The van der Waals surface area contributed by atoms with E-state index in [1.807, 2.05) is 13.2 Å². The molecule has 0 fully saturated rings. The van der Waals surface area contributed by atoms with Gasteiger partial charge in [-0.25, -0.2) is 9.97 Å². The molecule has 0 aliphatic heterocycles. The second-order valence-electron chi connectivity index (χ2n) is 4.75. The molecule has 0 radical (unpaired) electrons. The summed E-state index contributed by atoms with van der Waals surface area (Å²) in [4.78, 5) is 8.73. The van der Waals surface area contributed by atoms with Gasteiger partial charge in [0.25, 0.3) is 0 Å². The molecule has 0 aliphatic carbocycles. The molecule has 108 valence electrons. The van der Waals surface area contributed by atoms with Gasteiger partial charge < -0.3 is 10.6 Å². The normalized spacial score (nSPS) is 10.6. The highest BCUT2D eigenvalue weighted by molar-refractivity contribution is 5.64. The van der Waals surface area contributed by atoms with Crippen molar-refractivity contribution in [2.24, 2.45) is 7.05 Å². The first-order chi connectivity index (χ1) is 9.74. The van der Waals surface area contributed by atoms with E-state index in [0.717, 1.165) is 48.7 Å². The Morgan fingerprint density at radius 1 is 1.15 bits per heavy atom. The fourth-order valence-electron chi connectivity index (χ4n) is 2.03. The van der Waals surface area contributed by atoms with Gasteiger partial charge in [-0.1, -0.05) is 20.3 Å². The zero-order valence-electron chi connectivity index (χ0n) is 12.3. The average Bonchev–Trinajstić information content (AvgIpc) is 2.85. The monoisotopic (exact) mass is 274 g/mol. The fraction of sp³-hybridized carbons (Fsp3) is 0.500. The van der Waals surface area contributed by atoms with E-state index in [9.17, 15) is 0 Å². The van der Waals surface area contributed by atoms with Gasteiger partial charge in [0, 0.05) is 25.4 Å². The molecule has 0 aliphatic rings. The molecule has 0 amide bonds. The summed E-state index contributed by atoms with van der Waals surface area (Å²) >= 11 is 0. The second-order valence-corrected chi connectivity index (χ2v) is 4.75. The van der Waals surface area contributed by atoms with Crippen molar-refractivity contribution in [1.82, 2.24) is 19.7 Å². The molecule has 2 aromatic heterocycles. The zero-order chi connectivity index (χ0) is 14.4. The maximum absolute atomic E-state index is 4.37. The molecule has 0 saturated carbocycles. The van der Waals surface area contributed by atoms with Gasteiger partial charge >= 0.3 is 0 Å². The Hall–Kier alpha value is -2.11. The molecular formula is C14H22N6. The first kappa shape index (κ1) is 14.3. The highest BCUT2D eigenvalue weighted by atomic mass is 15.3. The second kappa shape index (κ2) is 6.88. The molecule has 0 bridgehead atoms. The van der Waals surface area contributed by atoms with Crippen LogP contribution in [-0.4, -0.2) is 26.3 Å². The molecule has 2 heterocycles. The lowest BCUT2D eigenvalue weighted by Gasteiger charge is -2.14. The molecule has 0 atom stereocenters. The van der Waals surface area contributed by atoms with Crippen molar-refractivity contribution in [3.63, 3.8) is 0 Å². The molecule has 2 N–H and O–H groups in total. The van der Waals surface area contributed by atoms with E-state index in [-0.39, 0.29) is 0 Å². The molecule has 6 heteroatoms. The summed E-state index contributed by atoms with van der Waals surface area (Å²) in [6, 6.07) is 0. The summed E-state index contributed by atoms with van der Waals surface area (Å²) in [5.41, 5.74) is 2.07. The minimum Gasteiger partial charge on any atom is -0.370 e. The Balaban J connectivity index is 2.25. The number of nitrogens with zero attached hydrogens (tertiary/aromatic N) is 4. The van der Waals surface area contributed by atoms with Crippen LogP contribution in [0.15, 0.2) is 18.7 Å². The molecule has 0 saturated heterocycles. The molecule has 0 spiro atoms. The highest BCUT2D eigenvalue weighted by Gasteiger charge is 2.11. The van der Waals surface area contributed by atoms with E-state index in [1.165, 1.54) is 0 Å². The average molecular weight is 274 g/mol. The predicted molar refractivity (Wildman–Crippen MR) is 81.3 cm³/mol. The largest absolute Gasteiger partial charge is 0.370 e. The van der Waals surface area contributed by atoms with Gasteiger partial charge in [-0.3, -0.25) is 4.68 Å². The highest BCUT2D eigenvalue weighted by Crippen LogP contribution is 2.24. The van der Waals surface area contributed by atoms with Crippen molar-refractivity contribution >= 4 is 17.3 Å². The van der Waals surface area contributed by atoms with Crippen LogP contribution in [0.4, 0.5) is 17.3 Å². The van der Waals surface area contributed by atoms with Crippen LogP contribution in [0.3, 0.4) is 0 Å². The van der Waals surface area contributed by atoms with E-state index in [4.69, 9.17) is 0 Å². The molecule has 0 unspecified atom stereocenters. The van der Waals surface area contributed by atoms with E-state index >= 15 is 0 Å². The molecule has 20 heavy (non-hydrogen) atoms. The Morgan fingerprint density at radius 3 is 2.60 bits per heavy atom. The molecular weight excluding hydrogens is 252 g/mol. The Kier molecular flexibility index (Phi) is 4.92. The summed E-state index contributed by atoms with van der Waals surface area (Å²) < 4.78 is 1.76. The molecule has 0 aromatic carbocycles. The van der Waals surface area contributed by atoms with Crippen LogP contribution in [0.25, 0.3) is 0 Å². The van der Waals surface area contributed by atoms with Crippen molar-refractivity contribution in [3.05, 3.63) is 24.3 Å². The van der Waals surface area contributed by atoms with Crippen LogP contribution in [0, 0.1) is 0 Å².